The molecule has 0 aliphatic heterocycles. The average Bonchev–Trinajstić information content (AvgIpc) is 2.24. The van der Waals surface area contributed by atoms with Gasteiger partial charge >= 0.3 is 12.1 Å². The highest BCUT2D eigenvalue weighted by Gasteiger charge is 2.22. The summed E-state index contributed by atoms with van der Waals surface area (Å²) in [6, 6.07) is 6.06. The zero-order valence-corrected chi connectivity index (χ0v) is 12.0. The first-order valence-electron chi connectivity index (χ1n) is 6.13. The maximum atomic E-state index is 11.7. The highest BCUT2D eigenvalue weighted by Crippen LogP contribution is 2.20. The topological polar surface area (TPSA) is 84.9 Å². The standard InChI is InChI=1S/C14H19NO5/c1-9(16)19-12(10-6-5-7-11(17)8-10)15-13(18)20-14(2,3)4/h5-8,12,17H,1-4H3,(H,15,18). The van der Waals surface area contributed by atoms with Crippen molar-refractivity contribution in [1.29, 1.82) is 0 Å². The zero-order chi connectivity index (χ0) is 15.3. The molecule has 0 spiro atoms. The van der Waals surface area contributed by atoms with Crippen LogP contribution in [-0.4, -0.2) is 22.8 Å². The van der Waals surface area contributed by atoms with E-state index < -0.39 is 23.9 Å². The van der Waals surface area contributed by atoms with Gasteiger partial charge < -0.3 is 14.6 Å². The Morgan fingerprint density at radius 2 is 1.95 bits per heavy atom. The molecular weight excluding hydrogens is 262 g/mol. The Bertz CT molecular complexity index is 493. The molecule has 0 fully saturated rings. The summed E-state index contributed by atoms with van der Waals surface area (Å²) in [5.74, 6) is -0.556. The summed E-state index contributed by atoms with van der Waals surface area (Å²) < 4.78 is 10.1. The smallest absolute Gasteiger partial charge is 0.410 e. The number of nitrogens with one attached hydrogen (secondary N) is 1. The summed E-state index contributed by atoms with van der Waals surface area (Å²) in [5.41, 5.74) is -0.227. The molecule has 0 radical (unpaired) electrons. The molecule has 0 heterocycles. The molecule has 6 nitrogen and oxygen atoms in total. The number of amides is 1. The number of carbonyl (C=O) groups is 2. The van der Waals surface area contributed by atoms with Gasteiger partial charge in [0.1, 0.15) is 11.4 Å². The third-order valence-electron chi connectivity index (χ3n) is 2.10. The molecule has 1 amide bonds. The summed E-state index contributed by atoms with van der Waals surface area (Å²) in [4.78, 5) is 22.8. The second-order valence-electron chi connectivity index (χ2n) is 5.23. The van der Waals surface area contributed by atoms with Gasteiger partial charge in [0, 0.05) is 12.5 Å². The Balaban J connectivity index is 2.85. The molecule has 6 heteroatoms. The molecule has 0 aromatic heterocycles. The fourth-order valence-corrected chi connectivity index (χ4v) is 1.45. The number of aromatic hydroxyl groups is 1. The normalized spacial score (nSPS) is 12.4. The number of alkyl carbamates (subject to hydrolysis) is 1. The summed E-state index contributed by atoms with van der Waals surface area (Å²) in [6.45, 7) is 6.40. The Morgan fingerprint density at radius 3 is 2.45 bits per heavy atom. The number of phenolic OH excluding ortho intramolecular Hbond substituents is 1. The summed E-state index contributed by atoms with van der Waals surface area (Å²) in [5, 5.41) is 11.9. The van der Waals surface area contributed by atoms with Crippen LogP contribution in [0.15, 0.2) is 24.3 Å². The minimum Gasteiger partial charge on any atom is -0.508 e. The number of phenols is 1. The van der Waals surface area contributed by atoms with E-state index >= 15 is 0 Å². The Labute approximate surface area is 117 Å². The molecule has 0 bridgehead atoms. The quantitative estimate of drug-likeness (QED) is 0.656. The van der Waals surface area contributed by atoms with Crippen LogP contribution in [0.2, 0.25) is 0 Å². The molecule has 110 valence electrons. The van der Waals surface area contributed by atoms with Gasteiger partial charge in [-0.3, -0.25) is 10.1 Å². The van der Waals surface area contributed by atoms with Crippen molar-refractivity contribution in [3.05, 3.63) is 29.8 Å². The van der Waals surface area contributed by atoms with E-state index in [2.05, 4.69) is 5.32 Å². The fourth-order valence-electron chi connectivity index (χ4n) is 1.45. The lowest BCUT2D eigenvalue weighted by atomic mass is 10.2. The SMILES string of the molecule is CC(=O)OC(NC(=O)OC(C)(C)C)c1cccc(O)c1. The Hall–Kier alpha value is -2.24. The highest BCUT2D eigenvalue weighted by atomic mass is 16.6. The van der Waals surface area contributed by atoms with Crippen LogP contribution in [0.25, 0.3) is 0 Å². The molecular formula is C14H19NO5. The summed E-state index contributed by atoms with van der Waals surface area (Å²) >= 11 is 0. The van der Waals surface area contributed by atoms with E-state index in [1.54, 1.807) is 32.9 Å². The predicted octanol–water partition coefficient (Wildman–Crippen LogP) is 2.48. The van der Waals surface area contributed by atoms with Crippen LogP contribution in [0.4, 0.5) is 4.79 Å². The van der Waals surface area contributed by atoms with Crippen LogP contribution < -0.4 is 5.32 Å². The van der Waals surface area contributed by atoms with Gasteiger partial charge in [0.2, 0.25) is 6.23 Å². The predicted molar refractivity (Wildman–Crippen MR) is 72.0 cm³/mol. The van der Waals surface area contributed by atoms with E-state index in [-0.39, 0.29) is 5.75 Å². The number of carbonyl (C=O) groups excluding carboxylic acids is 2. The number of rotatable bonds is 3. The maximum Gasteiger partial charge on any atom is 0.410 e. The van der Waals surface area contributed by atoms with Crippen molar-refractivity contribution in [2.24, 2.45) is 0 Å². The molecule has 1 rings (SSSR count). The van der Waals surface area contributed by atoms with E-state index in [1.165, 1.54) is 19.1 Å². The van der Waals surface area contributed by atoms with Gasteiger partial charge in [-0.15, -0.1) is 0 Å². The second-order valence-corrected chi connectivity index (χ2v) is 5.23. The minimum absolute atomic E-state index is 0.00522. The number of hydrogen-bond donors (Lipinski definition) is 2. The third-order valence-corrected chi connectivity index (χ3v) is 2.10. The molecule has 1 unspecified atom stereocenters. The summed E-state index contributed by atoms with van der Waals surface area (Å²) in [7, 11) is 0. The molecule has 0 aliphatic carbocycles. The van der Waals surface area contributed by atoms with E-state index in [0.29, 0.717) is 5.56 Å². The van der Waals surface area contributed by atoms with E-state index in [0.717, 1.165) is 0 Å². The lowest BCUT2D eigenvalue weighted by molar-refractivity contribution is -0.148. The first kappa shape index (κ1) is 15.8. The van der Waals surface area contributed by atoms with Gasteiger partial charge in [-0.05, 0) is 32.9 Å². The second kappa shape index (κ2) is 6.27. The van der Waals surface area contributed by atoms with Crippen molar-refractivity contribution in [2.45, 2.75) is 39.5 Å². The van der Waals surface area contributed by atoms with Crippen molar-refractivity contribution in [1.82, 2.24) is 5.32 Å². The molecule has 1 aromatic rings. The first-order valence-corrected chi connectivity index (χ1v) is 6.13. The van der Waals surface area contributed by atoms with E-state index in [4.69, 9.17) is 9.47 Å². The van der Waals surface area contributed by atoms with E-state index in [9.17, 15) is 14.7 Å². The molecule has 20 heavy (non-hydrogen) atoms. The van der Waals surface area contributed by atoms with Crippen LogP contribution in [0.5, 0.6) is 5.75 Å². The largest absolute Gasteiger partial charge is 0.508 e. The molecule has 0 saturated heterocycles. The molecule has 0 saturated carbocycles. The molecule has 1 aromatic carbocycles. The van der Waals surface area contributed by atoms with Gasteiger partial charge in [-0.2, -0.15) is 0 Å². The lowest BCUT2D eigenvalue weighted by Gasteiger charge is -2.23. The number of benzene rings is 1. The van der Waals surface area contributed by atoms with Gasteiger partial charge in [0.25, 0.3) is 0 Å². The molecule has 1 atom stereocenters. The van der Waals surface area contributed by atoms with Crippen LogP contribution in [0, 0.1) is 0 Å². The van der Waals surface area contributed by atoms with Crippen LogP contribution in [0.3, 0.4) is 0 Å². The lowest BCUT2D eigenvalue weighted by Crippen LogP contribution is -2.36. The zero-order valence-electron chi connectivity index (χ0n) is 12.0. The first-order chi connectivity index (χ1) is 9.17. The fraction of sp³-hybridized carbons (Fsp3) is 0.429. The van der Waals surface area contributed by atoms with Crippen molar-refractivity contribution in [2.75, 3.05) is 0 Å². The minimum atomic E-state index is -1.02. The van der Waals surface area contributed by atoms with Crippen LogP contribution >= 0.6 is 0 Å². The van der Waals surface area contributed by atoms with Crippen molar-refractivity contribution < 1.29 is 24.2 Å². The molecule has 2 N–H and O–H groups in total. The molecule has 0 aliphatic rings. The monoisotopic (exact) mass is 281 g/mol. The van der Waals surface area contributed by atoms with Gasteiger partial charge in [-0.1, -0.05) is 12.1 Å². The van der Waals surface area contributed by atoms with E-state index in [1.807, 2.05) is 0 Å². The van der Waals surface area contributed by atoms with Crippen molar-refractivity contribution in [3.63, 3.8) is 0 Å². The van der Waals surface area contributed by atoms with Gasteiger partial charge in [0.05, 0.1) is 0 Å². The van der Waals surface area contributed by atoms with Crippen molar-refractivity contribution in [3.8, 4) is 5.75 Å². The van der Waals surface area contributed by atoms with Crippen LogP contribution in [0.1, 0.15) is 39.5 Å². The maximum absolute atomic E-state index is 11.7. The third kappa shape index (κ3) is 5.60. The van der Waals surface area contributed by atoms with Gasteiger partial charge in [-0.25, -0.2) is 4.79 Å². The summed E-state index contributed by atoms with van der Waals surface area (Å²) in [6.07, 6.45) is -1.73. The number of hydrogen-bond acceptors (Lipinski definition) is 5. The number of esters is 1. The number of ether oxygens (including phenoxy) is 2. The Morgan fingerprint density at radius 1 is 1.30 bits per heavy atom. The highest BCUT2D eigenvalue weighted by molar-refractivity contribution is 5.70. The Kier molecular flexibility index (Phi) is 4.96. The van der Waals surface area contributed by atoms with Gasteiger partial charge in [0.15, 0.2) is 0 Å². The average molecular weight is 281 g/mol. The van der Waals surface area contributed by atoms with Crippen molar-refractivity contribution >= 4 is 12.1 Å². The van der Waals surface area contributed by atoms with Crippen LogP contribution in [-0.2, 0) is 14.3 Å².